The average molecular weight is 231 g/mol. The quantitative estimate of drug-likeness (QED) is 0.437. The Hall–Kier alpha value is -1.63. The topological polar surface area (TPSA) is 136 Å². The largest absolute Gasteiger partial charge is 0.481 e. The molecule has 0 aromatic carbocycles. The van der Waals surface area contributed by atoms with Crippen LogP contribution in [0.2, 0.25) is 0 Å². The molecule has 0 aliphatic heterocycles. The second-order valence-corrected chi connectivity index (χ2v) is 3.83. The summed E-state index contributed by atoms with van der Waals surface area (Å²) in [7, 11) is 0. The highest BCUT2D eigenvalue weighted by atomic mass is 16.4. The van der Waals surface area contributed by atoms with E-state index in [0.29, 0.717) is 0 Å². The zero-order chi connectivity index (χ0) is 12.9. The average Bonchev–Trinajstić information content (AvgIpc) is 2.14. The fourth-order valence-corrected chi connectivity index (χ4v) is 0.968. The minimum absolute atomic E-state index is 0.113. The minimum atomic E-state index is -1.23. The Morgan fingerprint density at radius 2 is 1.81 bits per heavy atom. The molecule has 0 aromatic heterocycles. The van der Waals surface area contributed by atoms with Gasteiger partial charge in [0, 0.05) is 0 Å². The van der Waals surface area contributed by atoms with Crippen LogP contribution in [0.25, 0.3) is 0 Å². The Labute approximate surface area is 93.2 Å². The van der Waals surface area contributed by atoms with E-state index >= 15 is 0 Å². The van der Waals surface area contributed by atoms with E-state index < -0.39 is 36.3 Å². The molecule has 92 valence electrons. The molecular formula is C9H17N3O4. The van der Waals surface area contributed by atoms with Gasteiger partial charge in [-0.2, -0.15) is 0 Å². The van der Waals surface area contributed by atoms with E-state index in [-0.39, 0.29) is 5.92 Å². The number of hydrogen-bond acceptors (Lipinski definition) is 4. The second-order valence-electron chi connectivity index (χ2n) is 3.83. The molecule has 0 radical (unpaired) electrons. The zero-order valence-corrected chi connectivity index (χ0v) is 9.27. The molecule has 0 rings (SSSR count). The Morgan fingerprint density at radius 1 is 1.31 bits per heavy atom. The van der Waals surface area contributed by atoms with Crippen LogP contribution in [0.4, 0.5) is 0 Å². The van der Waals surface area contributed by atoms with Crippen molar-refractivity contribution < 1.29 is 19.5 Å². The van der Waals surface area contributed by atoms with Crippen LogP contribution in [0, 0.1) is 5.92 Å². The highest BCUT2D eigenvalue weighted by Crippen LogP contribution is 2.00. The standard InChI is InChI=1S/C9H17N3O4/c1-4(2)7(10)9(16)12-5(8(11)15)3-6(13)14/h4-5,7H,3,10H2,1-2H3,(H2,11,15)(H,12,16)(H,13,14)/t5-,7-/m0/s1. The lowest BCUT2D eigenvalue weighted by molar-refractivity contribution is -0.140. The number of carbonyl (C=O) groups excluding carboxylic acids is 2. The maximum Gasteiger partial charge on any atom is 0.305 e. The fraction of sp³-hybridized carbons (Fsp3) is 0.667. The number of primary amides is 1. The van der Waals surface area contributed by atoms with Crippen molar-refractivity contribution in [3.8, 4) is 0 Å². The molecule has 7 nitrogen and oxygen atoms in total. The maximum atomic E-state index is 11.4. The summed E-state index contributed by atoms with van der Waals surface area (Å²) in [6, 6.07) is -2.02. The first-order valence-electron chi connectivity index (χ1n) is 4.82. The van der Waals surface area contributed by atoms with Crippen molar-refractivity contribution in [2.24, 2.45) is 17.4 Å². The predicted molar refractivity (Wildman–Crippen MR) is 56.2 cm³/mol. The van der Waals surface area contributed by atoms with E-state index in [4.69, 9.17) is 16.6 Å². The fourth-order valence-electron chi connectivity index (χ4n) is 0.968. The number of carboxylic acid groups (broad SMARTS) is 1. The summed E-state index contributed by atoms with van der Waals surface area (Å²) in [6.07, 6.45) is -0.550. The number of rotatable bonds is 6. The number of carbonyl (C=O) groups is 3. The van der Waals surface area contributed by atoms with E-state index in [1.807, 2.05) is 0 Å². The molecule has 0 unspecified atom stereocenters. The van der Waals surface area contributed by atoms with Crippen LogP contribution in [-0.2, 0) is 14.4 Å². The lowest BCUT2D eigenvalue weighted by Crippen LogP contribution is -2.52. The van der Waals surface area contributed by atoms with Gasteiger partial charge in [0.1, 0.15) is 6.04 Å². The van der Waals surface area contributed by atoms with Crippen LogP contribution in [0.1, 0.15) is 20.3 Å². The van der Waals surface area contributed by atoms with Gasteiger partial charge in [0.2, 0.25) is 11.8 Å². The summed E-state index contributed by atoms with van der Waals surface area (Å²) in [5.74, 6) is -2.81. The first-order valence-corrected chi connectivity index (χ1v) is 4.82. The Balaban J connectivity index is 4.46. The molecular weight excluding hydrogens is 214 g/mol. The van der Waals surface area contributed by atoms with E-state index in [2.05, 4.69) is 5.32 Å². The lowest BCUT2D eigenvalue weighted by atomic mass is 10.0. The van der Waals surface area contributed by atoms with Crippen LogP contribution < -0.4 is 16.8 Å². The zero-order valence-electron chi connectivity index (χ0n) is 9.27. The molecule has 2 amide bonds. The number of aliphatic carboxylic acids is 1. The molecule has 2 atom stereocenters. The van der Waals surface area contributed by atoms with Gasteiger partial charge in [0.15, 0.2) is 0 Å². The molecule has 0 aromatic rings. The third kappa shape index (κ3) is 4.74. The highest BCUT2D eigenvalue weighted by molar-refractivity contribution is 5.91. The van der Waals surface area contributed by atoms with Gasteiger partial charge in [-0.1, -0.05) is 13.8 Å². The summed E-state index contributed by atoms with van der Waals surface area (Å²) in [4.78, 5) is 32.7. The van der Waals surface area contributed by atoms with Crippen molar-refractivity contribution in [1.82, 2.24) is 5.32 Å². The van der Waals surface area contributed by atoms with Crippen molar-refractivity contribution in [1.29, 1.82) is 0 Å². The highest BCUT2D eigenvalue weighted by Gasteiger charge is 2.25. The van der Waals surface area contributed by atoms with E-state index in [9.17, 15) is 14.4 Å². The smallest absolute Gasteiger partial charge is 0.305 e. The van der Waals surface area contributed by atoms with Gasteiger partial charge in [-0.3, -0.25) is 14.4 Å². The van der Waals surface area contributed by atoms with Gasteiger partial charge in [-0.15, -0.1) is 0 Å². The first-order chi connectivity index (χ1) is 7.25. The van der Waals surface area contributed by atoms with Crippen molar-refractivity contribution in [3.05, 3.63) is 0 Å². The van der Waals surface area contributed by atoms with Crippen molar-refractivity contribution >= 4 is 17.8 Å². The molecule has 0 spiro atoms. The second kappa shape index (κ2) is 6.06. The van der Waals surface area contributed by atoms with Crippen LogP contribution >= 0.6 is 0 Å². The Morgan fingerprint density at radius 3 is 2.12 bits per heavy atom. The molecule has 16 heavy (non-hydrogen) atoms. The molecule has 0 fully saturated rings. The van der Waals surface area contributed by atoms with Gasteiger partial charge in [0.25, 0.3) is 0 Å². The molecule has 6 N–H and O–H groups in total. The molecule has 0 heterocycles. The van der Waals surface area contributed by atoms with Gasteiger partial charge in [-0.25, -0.2) is 0 Å². The first kappa shape index (κ1) is 14.4. The van der Waals surface area contributed by atoms with Crippen LogP contribution in [-0.4, -0.2) is 35.0 Å². The summed E-state index contributed by atoms with van der Waals surface area (Å²) in [5, 5.41) is 10.7. The van der Waals surface area contributed by atoms with Gasteiger partial charge >= 0.3 is 5.97 Å². The van der Waals surface area contributed by atoms with Crippen molar-refractivity contribution in [2.45, 2.75) is 32.4 Å². The molecule has 0 aliphatic rings. The minimum Gasteiger partial charge on any atom is -0.481 e. The number of carboxylic acids is 1. The van der Waals surface area contributed by atoms with Crippen LogP contribution in [0.5, 0.6) is 0 Å². The molecule has 7 heteroatoms. The summed E-state index contributed by atoms with van der Waals surface area (Å²) < 4.78 is 0. The Kier molecular flexibility index (Phi) is 5.44. The third-order valence-electron chi connectivity index (χ3n) is 2.06. The summed E-state index contributed by atoms with van der Waals surface area (Å²) in [5.41, 5.74) is 10.5. The Bertz CT molecular complexity index is 290. The molecule has 0 saturated heterocycles. The van der Waals surface area contributed by atoms with Crippen molar-refractivity contribution in [2.75, 3.05) is 0 Å². The normalized spacial score (nSPS) is 14.2. The maximum absolute atomic E-state index is 11.4. The number of nitrogens with two attached hydrogens (primary N) is 2. The van der Waals surface area contributed by atoms with Crippen LogP contribution in [0.3, 0.4) is 0 Å². The molecule has 0 bridgehead atoms. The predicted octanol–water partition coefficient (Wildman–Crippen LogP) is -1.59. The summed E-state index contributed by atoms with van der Waals surface area (Å²) >= 11 is 0. The van der Waals surface area contributed by atoms with E-state index in [1.54, 1.807) is 13.8 Å². The van der Waals surface area contributed by atoms with Gasteiger partial charge in [-0.05, 0) is 5.92 Å². The number of hydrogen-bond donors (Lipinski definition) is 4. The lowest BCUT2D eigenvalue weighted by Gasteiger charge is -2.19. The molecule has 0 aliphatic carbocycles. The van der Waals surface area contributed by atoms with Gasteiger partial charge < -0.3 is 21.9 Å². The monoisotopic (exact) mass is 231 g/mol. The molecule has 0 saturated carbocycles. The number of nitrogens with one attached hydrogen (secondary N) is 1. The van der Waals surface area contributed by atoms with Crippen LogP contribution in [0.15, 0.2) is 0 Å². The third-order valence-corrected chi connectivity index (χ3v) is 2.06. The van der Waals surface area contributed by atoms with E-state index in [1.165, 1.54) is 0 Å². The van der Waals surface area contributed by atoms with E-state index in [0.717, 1.165) is 0 Å². The summed E-state index contributed by atoms with van der Waals surface area (Å²) in [6.45, 7) is 3.47. The van der Waals surface area contributed by atoms with Crippen molar-refractivity contribution in [3.63, 3.8) is 0 Å². The van der Waals surface area contributed by atoms with Gasteiger partial charge in [0.05, 0.1) is 12.5 Å². The number of amides is 2. The SMILES string of the molecule is CC(C)[C@H](N)C(=O)N[C@@H](CC(=O)O)C(N)=O.